The number of urea groups is 1. The molecule has 3 aromatic rings. The van der Waals surface area contributed by atoms with Crippen molar-refractivity contribution < 1.29 is 14.4 Å². The van der Waals surface area contributed by atoms with Gasteiger partial charge in [0.1, 0.15) is 5.54 Å². The lowest BCUT2D eigenvalue weighted by Gasteiger charge is -2.20. The lowest BCUT2D eigenvalue weighted by molar-refractivity contribution is -0.122. The minimum Gasteiger partial charge on any atom is -0.323 e. The first-order valence-corrected chi connectivity index (χ1v) is 11.4. The van der Waals surface area contributed by atoms with Gasteiger partial charge >= 0.3 is 6.03 Å². The van der Waals surface area contributed by atoms with Crippen LogP contribution in [0.5, 0.6) is 0 Å². The molecule has 2 heterocycles. The van der Waals surface area contributed by atoms with Gasteiger partial charge in [0.15, 0.2) is 0 Å². The SMILES string of the molecule is Cc1nc(-c2cccc(NC(=O)c3ccccc3SC[C@]3(C)NC(=O)NC3=O)c2)cs1. The molecule has 9 heteroatoms. The van der Waals surface area contributed by atoms with E-state index in [0.29, 0.717) is 17.0 Å². The normalized spacial score (nSPS) is 17.9. The van der Waals surface area contributed by atoms with Gasteiger partial charge in [-0.25, -0.2) is 9.78 Å². The summed E-state index contributed by atoms with van der Waals surface area (Å²) in [5.41, 5.74) is 1.95. The van der Waals surface area contributed by atoms with E-state index in [-0.39, 0.29) is 11.8 Å². The first kappa shape index (κ1) is 21.1. The Morgan fingerprint density at radius 1 is 1.19 bits per heavy atom. The molecular formula is C22H20N4O3S2. The second-order valence-electron chi connectivity index (χ2n) is 7.31. The summed E-state index contributed by atoms with van der Waals surface area (Å²) in [5.74, 6) is -0.325. The van der Waals surface area contributed by atoms with Crippen LogP contribution in [0.25, 0.3) is 11.3 Å². The summed E-state index contributed by atoms with van der Waals surface area (Å²) in [6.45, 7) is 3.62. The van der Waals surface area contributed by atoms with Crippen LogP contribution in [0.4, 0.5) is 10.5 Å². The molecule has 1 atom stereocenters. The number of aromatic nitrogens is 1. The fraction of sp³-hybridized carbons (Fsp3) is 0.182. The van der Waals surface area contributed by atoms with Crippen LogP contribution in [0.1, 0.15) is 22.3 Å². The molecular weight excluding hydrogens is 432 g/mol. The molecule has 0 spiro atoms. The second kappa shape index (κ2) is 8.52. The molecule has 0 saturated carbocycles. The zero-order chi connectivity index (χ0) is 22.0. The van der Waals surface area contributed by atoms with Crippen molar-refractivity contribution in [3.63, 3.8) is 0 Å². The number of carbonyl (C=O) groups excluding carboxylic acids is 3. The van der Waals surface area contributed by atoms with E-state index in [9.17, 15) is 14.4 Å². The van der Waals surface area contributed by atoms with Gasteiger partial charge < -0.3 is 10.6 Å². The van der Waals surface area contributed by atoms with Crippen molar-refractivity contribution in [2.24, 2.45) is 0 Å². The van der Waals surface area contributed by atoms with E-state index >= 15 is 0 Å². The zero-order valence-electron chi connectivity index (χ0n) is 16.9. The van der Waals surface area contributed by atoms with E-state index in [1.54, 1.807) is 30.4 Å². The van der Waals surface area contributed by atoms with Crippen molar-refractivity contribution in [1.29, 1.82) is 0 Å². The van der Waals surface area contributed by atoms with Crippen LogP contribution in [0.3, 0.4) is 0 Å². The molecule has 1 fully saturated rings. The third-order valence-corrected chi connectivity index (χ3v) is 6.96. The van der Waals surface area contributed by atoms with Crippen molar-refractivity contribution in [3.8, 4) is 11.3 Å². The van der Waals surface area contributed by atoms with E-state index in [4.69, 9.17) is 0 Å². The van der Waals surface area contributed by atoms with E-state index in [1.807, 2.05) is 48.7 Å². The molecule has 4 amide bonds. The molecule has 1 saturated heterocycles. The van der Waals surface area contributed by atoms with Crippen molar-refractivity contribution in [3.05, 3.63) is 64.5 Å². The molecule has 3 N–H and O–H groups in total. The van der Waals surface area contributed by atoms with Gasteiger partial charge in [0.25, 0.3) is 11.8 Å². The van der Waals surface area contributed by atoms with Gasteiger partial charge in [-0.1, -0.05) is 24.3 Å². The van der Waals surface area contributed by atoms with Crippen LogP contribution in [-0.4, -0.2) is 34.1 Å². The third-order valence-electron chi connectivity index (χ3n) is 4.80. The summed E-state index contributed by atoms with van der Waals surface area (Å²) >= 11 is 2.92. The number of benzene rings is 2. The van der Waals surface area contributed by atoms with Crippen molar-refractivity contribution in [2.45, 2.75) is 24.3 Å². The minimum absolute atomic E-state index is 0.250. The standard InChI is InChI=1S/C22H20N4O3S2/c1-13-23-17(11-30-13)14-6-5-7-15(10-14)24-19(27)16-8-3-4-9-18(16)31-12-22(2)20(28)25-21(29)26-22/h3-11H,12H2,1-2H3,(H,24,27)(H2,25,26,28,29)/t22-/m0/s1. The van der Waals surface area contributed by atoms with E-state index in [2.05, 4.69) is 20.9 Å². The number of thiazole rings is 1. The smallest absolute Gasteiger partial charge is 0.322 e. The van der Waals surface area contributed by atoms with Crippen molar-refractivity contribution >= 4 is 46.6 Å². The van der Waals surface area contributed by atoms with Gasteiger partial charge in [0.2, 0.25) is 0 Å². The molecule has 31 heavy (non-hydrogen) atoms. The number of thioether (sulfide) groups is 1. The Hall–Kier alpha value is -3.17. The zero-order valence-corrected chi connectivity index (χ0v) is 18.5. The number of imide groups is 1. The third kappa shape index (κ3) is 4.62. The molecule has 2 aromatic carbocycles. The van der Waals surface area contributed by atoms with Crippen molar-refractivity contribution in [2.75, 3.05) is 11.1 Å². The number of nitrogens with one attached hydrogen (secondary N) is 3. The Morgan fingerprint density at radius 2 is 2.00 bits per heavy atom. The van der Waals surface area contributed by atoms with Crippen LogP contribution in [-0.2, 0) is 4.79 Å². The predicted molar refractivity (Wildman–Crippen MR) is 122 cm³/mol. The Morgan fingerprint density at radius 3 is 2.71 bits per heavy atom. The van der Waals surface area contributed by atoms with Gasteiger partial charge in [-0.2, -0.15) is 0 Å². The number of hydrogen-bond acceptors (Lipinski definition) is 6. The average molecular weight is 453 g/mol. The van der Waals surface area contributed by atoms with Gasteiger partial charge in [0, 0.05) is 27.3 Å². The lowest BCUT2D eigenvalue weighted by atomic mass is 10.1. The maximum Gasteiger partial charge on any atom is 0.322 e. The summed E-state index contributed by atoms with van der Waals surface area (Å²) in [6, 6.07) is 14.2. The van der Waals surface area contributed by atoms with E-state index in [0.717, 1.165) is 21.2 Å². The minimum atomic E-state index is -1.02. The van der Waals surface area contributed by atoms with Crippen molar-refractivity contribution in [1.82, 2.24) is 15.6 Å². The number of nitrogens with zero attached hydrogens (tertiary/aromatic N) is 1. The first-order chi connectivity index (χ1) is 14.8. The highest BCUT2D eigenvalue weighted by atomic mass is 32.2. The highest BCUT2D eigenvalue weighted by Gasteiger charge is 2.41. The highest BCUT2D eigenvalue weighted by molar-refractivity contribution is 7.99. The van der Waals surface area contributed by atoms with Gasteiger partial charge in [0.05, 0.1) is 16.3 Å². The lowest BCUT2D eigenvalue weighted by Crippen LogP contribution is -2.46. The number of rotatable bonds is 6. The molecule has 1 aliphatic rings. The summed E-state index contributed by atoms with van der Waals surface area (Å²) in [5, 5.41) is 10.8. The Labute approximate surface area is 187 Å². The van der Waals surface area contributed by atoms with Crippen LogP contribution >= 0.6 is 23.1 Å². The molecule has 158 valence electrons. The Kier molecular flexibility index (Phi) is 5.79. The fourth-order valence-corrected chi connectivity index (χ4v) is 4.89. The number of hydrogen-bond donors (Lipinski definition) is 3. The summed E-state index contributed by atoms with van der Waals surface area (Å²) < 4.78 is 0. The molecule has 1 aromatic heterocycles. The van der Waals surface area contributed by atoms with Gasteiger partial charge in [-0.05, 0) is 38.1 Å². The van der Waals surface area contributed by atoms with Crippen LogP contribution in [0.2, 0.25) is 0 Å². The van der Waals surface area contributed by atoms with Crippen LogP contribution in [0.15, 0.2) is 58.8 Å². The molecule has 0 aliphatic carbocycles. The predicted octanol–water partition coefficient (Wildman–Crippen LogP) is 4.06. The average Bonchev–Trinajstić information content (AvgIpc) is 3.29. The number of amides is 4. The van der Waals surface area contributed by atoms with E-state index < -0.39 is 11.6 Å². The molecule has 0 bridgehead atoms. The maximum absolute atomic E-state index is 13.0. The highest BCUT2D eigenvalue weighted by Crippen LogP contribution is 2.29. The van der Waals surface area contributed by atoms with Crippen LogP contribution in [0, 0.1) is 6.92 Å². The summed E-state index contributed by atoms with van der Waals surface area (Å²) in [7, 11) is 0. The summed E-state index contributed by atoms with van der Waals surface area (Å²) in [6.07, 6.45) is 0. The fourth-order valence-electron chi connectivity index (χ4n) is 3.13. The van der Waals surface area contributed by atoms with Gasteiger partial charge in [-0.15, -0.1) is 23.1 Å². The Bertz CT molecular complexity index is 1180. The molecule has 4 rings (SSSR count). The first-order valence-electron chi connectivity index (χ1n) is 9.53. The quantitative estimate of drug-likeness (QED) is 0.387. The molecule has 0 unspecified atom stereocenters. The second-order valence-corrected chi connectivity index (χ2v) is 9.39. The molecule has 7 nitrogen and oxygen atoms in total. The maximum atomic E-state index is 13.0. The van der Waals surface area contributed by atoms with E-state index in [1.165, 1.54) is 11.8 Å². The largest absolute Gasteiger partial charge is 0.323 e. The monoisotopic (exact) mass is 452 g/mol. The number of anilines is 1. The Balaban J connectivity index is 1.50. The molecule has 1 aliphatic heterocycles. The summed E-state index contributed by atoms with van der Waals surface area (Å²) in [4.78, 5) is 41.7. The van der Waals surface area contributed by atoms with Gasteiger partial charge in [-0.3, -0.25) is 14.9 Å². The van der Waals surface area contributed by atoms with Crippen LogP contribution < -0.4 is 16.0 Å². The number of carbonyl (C=O) groups is 3. The molecule has 0 radical (unpaired) electrons. The topological polar surface area (TPSA) is 100 Å². The number of aryl methyl sites for hydroxylation is 1.